The maximum absolute atomic E-state index is 12.5. The average Bonchev–Trinajstić information content (AvgIpc) is 3.20. The van der Waals surface area contributed by atoms with Crippen molar-refractivity contribution >= 4 is 44.1 Å². The number of piperazine rings is 1. The summed E-state index contributed by atoms with van der Waals surface area (Å²) in [6.45, 7) is 2.86. The van der Waals surface area contributed by atoms with E-state index in [-0.39, 0.29) is 24.5 Å². The summed E-state index contributed by atoms with van der Waals surface area (Å²) in [5.41, 5.74) is 0.503. The molecule has 0 radical (unpaired) electrons. The molecule has 1 aliphatic rings. The van der Waals surface area contributed by atoms with E-state index >= 15 is 0 Å². The second kappa shape index (κ2) is 8.64. The quantitative estimate of drug-likeness (QED) is 0.649. The van der Waals surface area contributed by atoms with Gasteiger partial charge in [0.2, 0.25) is 5.91 Å². The summed E-state index contributed by atoms with van der Waals surface area (Å²) >= 11 is 4.97. The Morgan fingerprint density at radius 2 is 2.00 bits per heavy atom. The fourth-order valence-electron chi connectivity index (χ4n) is 2.93. The summed E-state index contributed by atoms with van der Waals surface area (Å²) < 4.78 is 6.06. The predicted molar refractivity (Wildman–Crippen MR) is 105 cm³/mol. The smallest absolute Gasteiger partial charge is 0.223 e. The highest BCUT2D eigenvalue weighted by atomic mass is 79.9. The van der Waals surface area contributed by atoms with Crippen molar-refractivity contribution in [1.29, 1.82) is 0 Å². The van der Waals surface area contributed by atoms with E-state index in [2.05, 4.69) is 25.8 Å². The zero-order valence-electron chi connectivity index (χ0n) is 14.5. The van der Waals surface area contributed by atoms with Gasteiger partial charge in [-0.3, -0.25) is 9.59 Å². The molecule has 6 nitrogen and oxygen atoms in total. The van der Waals surface area contributed by atoms with E-state index in [9.17, 15) is 9.59 Å². The number of hydrogen-bond acceptors (Lipinski definition) is 6. The Balaban J connectivity index is 1.51. The molecule has 138 valence electrons. The van der Waals surface area contributed by atoms with Gasteiger partial charge in [0.15, 0.2) is 10.9 Å². The molecule has 8 heteroatoms. The fraction of sp³-hybridized carbons (Fsp3) is 0.389. The largest absolute Gasteiger partial charge is 0.496 e. The molecule has 2 heterocycles. The van der Waals surface area contributed by atoms with Crippen molar-refractivity contribution < 1.29 is 14.3 Å². The van der Waals surface area contributed by atoms with Gasteiger partial charge in [0, 0.05) is 55.1 Å². The lowest BCUT2D eigenvalue weighted by Crippen LogP contribution is -2.48. The van der Waals surface area contributed by atoms with Crippen LogP contribution in [0.5, 0.6) is 5.75 Å². The van der Waals surface area contributed by atoms with E-state index in [4.69, 9.17) is 4.74 Å². The molecule has 26 heavy (non-hydrogen) atoms. The number of Topliss-reactive ketones (excluding diaryl/α,β-unsaturated/α-hetero) is 1. The van der Waals surface area contributed by atoms with Crippen molar-refractivity contribution in [3.05, 3.63) is 39.8 Å². The highest BCUT2D eigenvalue weighted by Gasteiger charge is 2.23. The van der Waals surface area contributed by atoms with Gasteiger partial charge in [0.05, 0.1) is 12.7 Å². The monoisotopic (exact) mass is 437 g/mol. The first-order chi connectivity index (χ1) is 12.6. The molecule has 1 amide bonds. The number of methoxy groups -OCH3 is 1. The number of benzene rings is 1. The topological polar surface area (TPSA) is 62.7 Å². The minimum Gasteiger partial charge on any atom is -0.496 e. The number of ketones is 1. The minimum atomic E-state index is -0.0853. The number of carbonyl (C=O) groups is 2. The molecular weight excluding hydrogens is 418 g/mol. The third-order valence-electron chi connectivity index (χ3n) is 4.35. The molecule has 1 aromatic carbocycles. The zero-order chi connectivity index (χ0) is 18.5. The van der Waals surface area contributed by atoms with Crippen molar-refractivity contribution in [1.82, 2.24) is 9.88 Å². The lowest BCUT2D eigenvalue weighted by atomic mass is 10.0. The maximum atomic E-state index is 12.5. The van der Waals surface area contributed by atoms with Crippen molar-refractivity contribution in [2.24, 2.45) is 0 Å². The molecule has 1 fully saturated rings. The third-order valence-corrected chi connectivity index (χ3v) is 5.68. The molecule has 0 spiro atoms. The number of halogens is 1. The van der Waals surface area contributed by atoms with E-state index in [1.165, 1.54) is 7.11 Å². The van der Waals surface area contributed by atoms with E-state index in [1.54, 1.807) is 29.7 Å². The molecule has 3 rings (SSSR count). The van der Waals surface area contributed by atoms with Gasteiger partial charge in [-0.1, -0.05) is 15.9 Å². The summed E-state index contributed by atoms with van der Waals surface area (Å²) in [7, 11) is 1.53. The first kappa shape index (κ1) is 18.8. The lowest BCUT2D eigenvalue weighted by Gasteiger charge is -2.34. The first-order valence-electron chi connectivity index (χ1n) is 8.37. The molecule has 1 saturated heterocycles. The number of aromatic nitrogens is 1. The second-order valence-electron chi connectivity index (χ2n) is 5.95. The third kappa shape index (κ3) is 4.42. The zero-order valence-corrected chi connectivity index (χ0v) is 16.9. The van der Waals surface area contributed by atoms with Gasteiger partial charge >= 0.3 is 0 Å². The molecular formula is C18H20BrN3O3S. The second-order valence-corrected chi connectivity index (χ2v) is 7.74. The Labute approximate surface area is 164 Å². The molecule has 1 aromatic heterocycles. The summed E-state index contributed by atoms with van der Waals surface area (Å²) in [6, 6.07) is 5.30. The van der Waals surface area contributed by atoms with Crippen LogP contribution < -0.4 is 9.64 Å². The van der Waals surface area contributed by atoms with Gasteiger partial charge in [-0.2, -0.15) is 0 Å². The van der Waals surface area contributed by atoms with E-state index < -0.39 is 0 Å². The van der Waals surface area contributed by atoms with Crippen LogP contribution >= 0.6 is 27.3 Å². The van der Waals surface area contributed by atoms with Crippen LogP contribution in [0.15, 0.2) is 34.2 Å². The van der Waals surface area contributed by atoms with Crippen LogP contribution in [0.25, 0.3) is 0 Å². The van der Waals surface area contributed by atoms with Crippen molar-refractivity contribution in [2.45, 2.75) is 12.8 Å². The number of anilines is 1. The number of rotatable bonds is 6. The predicted octanol–water partition coefficient (Wildman–Crippen LogP) is 3.23. The summed E-state index contributed by atoms with van der Waals surface area (Å²) in [4.78, 5) is 33.3. The van der Waals surface area contributed by atoms with Crippen LogP contribution in [0, 0.1) is 0 Å². The number of amides is 1. The van der Waals surface area contributed by atoms with Crippen LogP contribution in [-0.4, -0.2) is 54.9 Å². The number of carbonyl (C=O) groups excluding carboxylic acids is 2. The number of nitrogens with zero attached hydrogens (tertiary/aromatic N) is 3. The van der Waals surface area contributed by atoms with E-state index in [0.29, 0.717) is 24.4 Å². The van der Waals surface area contributed by atoms with Crippen molar-refractivity contribution in [3.63, 3.8) is 0 Å². The summed E-state index contributed by atoms with van der Waals surface area (Å²) in [5.74, 6) is 0.465. The van der Waals surface area contributed by atoms with E-state index in [1.807, 2.05) is 16.3 Å². The first-order valence-corrected chi connectivity index (χ1v) is 10.0. The van der Waals surface area contributed by atoms with Crippen LogP contribution in [0.4, 0.5) is 5.13 Å². The highest BCUT2D eigenvalue weighted by Crippen LogP contribution is 2.25. The molecule has 0 aliphatic carbocycles. The van der Waals surface area contributed by atoms with Crippen LogP contribution in [0.1, 0.15) is 23.2 Å². The van der Waals surface area contributed by atoms with E-state index in [0.717, 1.165) is 22.7 Å². The maximum Gasteiger partial charge on any atom is 0.223 e. The normalized spacial score (nSPS) is 14.4. The van der Waals surface area contributed by atoms with Crippen LogP contribution in [0.2, 0.25) is 0 Å². The van der Waals surface area contributed by atoms with Gasteiger partial charge in [0.25, 0.3) is 0 Å². The Morgan fingerprint density at radius 3 is 2.65 bits per heavy atom. The molecule has 2 aromatic rings. The Kier molecular flexibility index (Phi) is 6.26. The molecule has 0 atom stereocenters. The number of hydrogen-bond donors (Lipinski definition) is 0. The van der Waals surface area contributed by atoms with Gasteiger partial charge < -0.3 is 14.5 Å². The summed E-state index contributed by atoms with van der Waals surface area (Å²) in [6.07, 6.45) is 2.18. The fourth-order valence-corrected chi connectivity index (χ4v) is 3.99. The Bertz CT molecular complexity index is 774. The van der Waals surface area contributed by atoms with Crippen molar-refractivity contribution in [3.8, 4) is 5.75 Å². The number of thiazole rings is 1. The van der Waals surface area contributed by atoms with Gasteiger partial charge in [-0.25, -0.2) is 4.98 Å². The Morgan fingerprint density at radius 1 is 1.23 bits per heavy atom. The highest BCUT2D eigenvalue weighted by molar-refractivity contribution is 9.10. The van der Waals surface area contributed by atoms with Crippen molar-refractivity contribution in [2.75, 3.05) is 38.2 Å². The standard InChI is InChI=1S/C18H20BrN3O3S/c1-25-16-4-2-13(19)12-14(16)15(23)3-5-17(24)21-7-9-22(10-8-21)18-20-6-11-26-18/h2,4,6,11-12H,3,5,7-10H2,1H3. The van der Waals surface area contributed by atoms with Crippen LogP contribution in [0.3, 0.4) is 0 Å². The number of ether oxygens (including phenoxy) is 1. The minimum absolute atomic E-state index is 0.0195. The SMILES string of the molecule is COc1ccc(Br)cc1C(=O)CCC(=O)N1CCN(c2nccs2)CC1. The Hall–Kier alpha value is -1.93. The van der Waals surface area contributed by atoms with Gasteiger partial charge in [0.1, 0.15) is 5.75 Å². The van der Waals surface area contributed by atoms with Gasteiger partial charge in [-0.15, -0.1) is 11.3 Å². The molecule has 0 saturated carbocycles. The van der Waals surface area contributed by atoms with Gasteiger partial charge in [-0.05, 0) is 18.2 Å². The molecule has 0 bridgehead atoms. The molecule has 0 unspecified atom stereocenters. The molecule has 1 aliphatic heterocycles. The summed E-state index contributed by atoms with van der Waals surface area (Å²) in [5, 5.41) is 2.95. The lowest BCUT2D eigenvalue weighted by molar-refractivity contribution is -0.131. The molecule has 0 N–H and O–H groups in total. The van der Waals surface area contributed by atoms with Crippen LogP contribution in [-0.2, 0) is 4.79 Å². The average molecular weight is 438 g/mol.